The summed E-state index contributed by atoms with van der Waals surface area (Å²) >= 11 is 12.2. The van der Waals surface area contributed by atoms with Crippen LogP contribution in [0.4, 0.5) is 5.69 Å². The summed E-state index contributed by atoms with van der Waals surface area (Å²) in [6.45, 7) is 4.82. The van der Waals surface area contributed by atoms with Gasteiger partial charge in [0.15, 0.2) is 11.5 Å². The molecule has 24 heavy (non-hydrogen) atoms. The molecule has 0 atom stereocenters. The summed E-state index contributed by atoms with van der Waals surface area (Å²) in [5.41, 5.74) is 0.986. The summed E-state index contributed by atoms with van der Waals surface area (Å²) in [5, 5.41) is 3.66. The Kier molecular flexibility index (Phi) is 6.76. The van der Waals surface area contributed by atoms with Crippen molar-refractivity contribution in [2.24, 2.45) is 0 Å². The van der Waals surface area contributed by atoms with Gasteiger partial charge < -0.3 is 14.8 Å². The van der Waals surface area contributed by atoms with Crippen molar-refractivity contribution in [2.75, 3.05) is 18.5 Å². The molecule has 2 aromatic carbocycles. The Morgan fingerprint density at radius 1 is 1.12 bits per heavy atom. The molecule has 6 heteroatoms. The van der Waals surface area contributed by atoms with Crippen LogP contribution in [0.3, 0.4) is 0 Å². The molecule has 0 saturated heterocycles. The van der Waals surface area contributed by atoms with E-state index in [0.29, 0.717) is 46.0 Å². The summed E-state index contributed by atoms with van der Waals surface area (Å²) in [6.07, 6.45) is 0.846. The molecule has 0 radical (unpaired) electrons. The Labute approximate surface area is 151 Å². The van der Waals surface area contributed by atoms with E-state index in [1.54, 1.807) is 36.4 Å². The maximum absolute atomic E-state index is 12.5. The second-order valence-corrected chi connectivity index (χ2v) is 5.87. The number of benzene rings is 2. The third-order valence-electron chi connectivity index (χ3n) is 3.10. The smallest absolute Gasteiger partial charge is 0.255 e. The van der Waals surface area contributed by atoms with E-state index < -0.39 is 0 Å². The van der Waals surface area contributed by atoms with Gasteiger partial charge in [-0.3, -0.25) is 4.79 Å². The highest BCUT2D eigenvalue weighted by molar-refractivity contribution is 6.33. The molecular weight excluding hydrogens is 349 g/mol. The Morgan fingerprint density at radius 2 is 1.92 bits per heavy atom. The van der Waals surface area contributed by atoms with Gasteiger partial charge in [0.2, 0.25) is 0 Å². The summed E-state index contributed by atoms with van der Waals surface area (Å²) in [4.78, 5) is 12.5. The molecule has 0 heterocycles. The molecule has 0 saturated carbocycles. The van der Waals surface area contributed by atoms with Crippen molar-refractivity contribution in [3.05, 3.63) is 52.0 Å². The van der Waals surface area contributed by atoms with Gasteiger partial charge in [0.25, 0.3) is 5.91 Å². The lowest BCUT2D eigenvalue weighted by atomic mass is 10.1. The summed E-state index contributed by atoms with van der Waals surface area (Å²) in [6, 6.07) is 10.1. The number of rotatable bonds is 7. The SMILES string of the molecule is CCCOc1c(Cl)cc(C(=O)Nc2cccc(Cl)c2)cc1OCC. The zero-order valence-corrected chi connectivity index (χ0v) is 15.1. The Bertz CT molecular complexity index is 719. The molecule has 1 amide bonds. The largest absolute Gasteiger partial charge is 0.490 e. The quantitative estimate of drug-likeness (QED) is 0.709. The second kappa shape index (κ2) is 8.81. The van der Waals surface area contributed by atoms with Crippen LogP contribution in [0.25, 0.3) is 0 Å². The van der Waals surface area contributed by atoms with E-state index in [1.807, 2.05) is 13.8 Å². The fraction of sp³-hybridized carbons (Fsp3) is 0.278. The first-order chi connectivity index (χ1) is 11.5. The standard InChI is InChI=1S/C18H19Cl2NO3/c1-3-8-24-17-15(20)9-12(10-16(17)23-4-2)18(22)21-14-7-5-6-13(19)11-14/h5-7,9-11H,3-4,8H2,1-2H3,(H,21,22). The van der Waals surface area contributed by atoms with Gasteiger partial charge in [-0.1, -0.05) is 36.2 Å². The first-order valence-electron chi connectivity index (χ1n) is 7.71. The van der Waals surface area contributed by atoms with Crippen LogP contribution < -0.4 is 14.8 Å². The van der Waals surface area contributed by atoms with E-state index in [4.69, 9.17) is 32.7 Å². The first kappa shape index (κ1) is 18.4. The molecule has 1 N–H and O–H groups in total. The number of hydrogen-bond acceptors (Lipinski definition) is 3. The minimum atomic E-state index is -0.304. The molecule has 0 aliphatic heterocycles. The zero-order valence-electron chi connectivity index (χ0n) is 13.6. The van der Waals surface area contributed by atoms with Crippen LogP contribution in [-0.2, 0) is 0 Å². The molecule has 0 aromatic heterocycles. The van der Waals surface area contributed by atoms with Gasteiger partial charge in [0.05, 0.1) is 18.2 Å². The highest BCUT2D eigenvalue weighted by Crippen LogP contribution is 2.37. The molecule has 0 unspecified atom stereocenters. The fourth-order valence-corrected chi connectivity index (χ4v) is 2.53. The Balaban J connectivity index is 2.27. The van der Waals surface area contributed by atoms with Crippen LogP contribution in [0, 0.1) is 0 Å². The van der Waals surface area contributed by atoms with Gasteiger partial charge in [-0.2, -0.15) is 0 Å². The molecular formula is C18H19Cl2NO3. The Hall–Kier alpha value is -1.91. The van der Waals surface area contributed by atoms with E-state index in [1.165, 1.54) is 0 Å². The van der Waals surface area contributed by atoms with Crippen molar-refractivity contribution < 1.29 is 14.3 Å². The fourth-order valence-electron chi connectivity index (χ4n) is 2.08. The van der Waals surface area contributed by atoms with Crippen LogP contribution in [-0.4, -0.2) is 19.1 Å². The number of ether oxygens (including phenoxy) is 2. The van der Waals surface area contributed by atoms with Gasteiger partial charge in [-0.05, 0) is 43.7 Å². The van der Waals surface area contributed by atoms with Crippen LogP contribution in [0.1, 0.15) is 30.6 Å². The van der Waals surface area contributed by atoms with Crippen LogP contribution in [0.2, 0.25) is 10.0 Å². The average molecular weight is 368 g/mol. The molecule has 2 rings (SSSR count). The molecule has 0 aliphatic carbocycles. The monoisotopic (exact) mass is 367 g/mol. The minimum Gasteiger partial charge on any atom is -0.490 e. The number of carbonyl (C=O) groups excluding carboxylic acids is 1. The summed E-state index contributed by atoms with van der Waals surface area (Å²) in [7, 11) is 0. The summed E-state index contributed by atoms with van der Waals surface area (Å²) in [5.74, 6) is 0.608. The highest BCUT2D eigenvalue weighted by atomic mass is 35.5. The number of carbonyl (C=O) groups is 1. The van der Waals surface area contributed by atoms with Gasteiger partial charge in [0, 0.05) is 16.3 Å². The summed E-state index contributed by atoms with van der Waals surface area (Å²) < 4.78 is 11.2. The molecule has 0 spiro atoms. The van der Waals surface area contributed by atoms with Gasteiger partial charge in [-0.15, -0.1) is 0 Å². The molecule has 2 aromatic rings. The lowest BCUT2D eigenvalue weighted by Crippen LogP contribution is -2.12. The number of anilines is 1. The van der Waals surface area contributed by atoms with E-state index >= 15 is 0 Å². The van der Waals surface area contributed by atoms with Crippen molar-refractivity contribution in [1.82, 2.24) is 0 Å². The lowest BCUT2D eigenvalue weighted by molar-refractivity contribution is 0.102. The van der Waals surface area contributed by atoms with Gasteiger partial charge in [-0.25, -0.2) is 0 Å². The molecule has 0 bridgehead atoms. The maximum atomic E-state index is 12.5. The van der Waals surface area contributed by atoms with E-state index in [0.717, 1.165) is 6.42 Å². The number of hydrogen-bond donors (Lipinski definition) is 1. The van der Waals surface area contributed by atoms with Crippen molar-refractivity contribution in [2.45, 2.75) is 20.3 Å². The second-order valence-electron chi connectivity index (χ2n) is 5.03. The topological polar surface area (TPSA) is 47.6 Å². The molecule has 0 fully saturated rings. The van der Waals surface area contributed by atoms with Crippen molar-refractivity contribution in [3.8, 4) is 11.5 Å². The highest BCUT2D eigenvalue weighted by Gasteiger charge is 2.16. The van der Waals surface area contributed by atoms with Crippen molar-refractivity contribution in [3.63, 3.8) is 0 Å². The van der Waals surface area contributed by atoms with Crippen molar-refractivity contribution >= 4 is 34.8 Å². The molecule has 4 nitrogen and oxygen atoms in total. The Morgan fingerprint density at radius 3 is 2.58 bits per heavy atom. The first-order valence-corrected chi connectivity index (χ1v) is 8.46. The third kappa shape index (κ3) is 4.79. The number of nitrogens with one attached hydrogen (secondary N) is 1. The lowest BCUT2D eigenvalue weighted by Gasteiger charge is -2.15. The molecule has 0 aliphatic rings. The molecule has 128 valence electrons. The van der Waals surface area contributed by atoms with E-state index in [-0.39, 0.29) is 5.91 Å². The third-order valence-corrected chi connectivity index (χ3v) is 3.62. The predicted octanol–water partition coefficient (Wildman–Crippen LogP) is 5.43. The van der Waals surface area contributed by atoms with Crippen LogP contribution in [0.5, 0.6) is 11.5 Å². The normalized spacial score (nSPS) is 10.3. The van der Waals surface area contributed by atoms with E-state index in [9.17, 15) is 4.79 Å². The maximum Gasteiger partial charge on any atom is 0.255 e. The number of halogens is 2. The van der Waals surface area contributed by atoms with E-state index in [2.05, 4.69) is 5.32 Å². The minimum absolute atomic E-state index is 0.304. The zero-order chi connectivity index (χ0) is 17.5. The van der Waals surface area contributed by atoms with Gasteiger partial charge in [0.1, 0.15) is 0 Å². The average Bonchev–Trinajstić information content (AvgIpc) is 2.54. The number of amides is 1. The van der Waals surface area contributed by atoms with Gasteiger partial charge >= 0.3 is 0 Å². The van der Waals surface area contributed by atoms with Crippen LogP contribution >= 0.6 is 23.2 Å². The van der Waals surface area contributed by atoms with Crippen LogP contribution in [0.15, 0.2) is 36.4 Å². The van der Waals surface area contributed by atoms with Crippen molar-refractivity contribution in [1.29, 1.82) is 0 Å². The predicted molar refractivity (Wildman–Crippen MR) is 97.8 cm³/mol.